The van der Waals surface area contributed by atoms with Gasteiger partial charge in [0.15, 0.2) is 0 Å². The van der Waals surface area contributed by atoms with Gasteiger partial charge in [0.1, 0.15) is 0 Å². The second kappa shape index (κ2) is 7.26. The van der Waals surface area contributed by atoms with Crippen LogP contribution in [0.15, 0.2) is 0 Å². The van der Waals surface area contributed by atoms with E-state index < -0.39 is 0 Å². The van der Waals surface area contributed by atoms with Crippen LogP contribution in [-0.2, 0) is 0 Å². The summed E-state index contributed by atoms with van der Waals surface area (Å²) in [4.78, 5) is 2.78. The van der Waals surface area contributed by atoms with Crippen LogP contribution in [0.4, 0.5) is 0 Å². The van der Waals surface area contributed by atoms with Crippen LogP contribution in [0.2, 0.25) is 0 Å². The van der Waals surface area contributed by atoms with E-state index in [0.29, 0.717) is 11.6 Å². The van der Waals surface area contributed by atoms with Crippen molar-refractivity contribution >= 4 is 0 Å². The molecule has 0 aromatic rings. The maximum absolute atomic E-state index is 6.32. The quantitative estimate of drug-likeness (QED) is 0.676. The lowest BCUT2D eigenvalue weighted by molar-refractivity contribution is 0.00679. The number of hydrogen-bond acceptors (Lipinski definition) is 2. The smallest absolute Gasteiger partial charge is 0.0337 e. The average molecular weight is 280 g/mol. The first kappa shape index (κ1) is 16.3. The highest BCUT2D eigenvalue weighted by Crippen LogP contribution is 2.48. The van der Waals surface area contributed by atoms with Crippen molar-refractivity contribution in [3.63, 3.8) is 0 Å². The van der Waals surface area contributed by atoms with Gasteiger partial charge in [0.2, 0.25) is 0 Å². The molecule has 2 atom stereocenters. The predicted octanol–water partition coefficient (Wildman–Crippen LogP) is 4.18. The summed E-state index contributed by atoms with van der Waals surface area (Å²) in [6, 6.07) is 0.633. The van der Waals surface area contributed by atoms with Gasteiger partial charge in [-0.05, 0) is 64.3 Å². The lowest BCUT2D eigenvalue weighted by atomic mass is 9.72. The first-order chi connectivity index (χ1) is 9.63. The minimum absolute atomic E-state index is 0.313. The molecule has 118 valence electrons. The lowest BCUT2D eigenvalue weighted by Crippen LogP contribution is -2.59. The first-order valence-electron chi connectivity index (χ1n) is 9.10. The molecule has 2 rings (SSSR count). The third kappa shape index (κ3) is 3.76. The van der Waals surface area contributed by atoms with E-state index in [1.165, 1.54) is 64.3 Å². The van der Waals surface area contributed by atoms with Crippen molar-refractivity contribution < 1.29 is 0 Å². The van der Waals surface area contributed by atoms with E-state index in [2.05, 4.69) is 25.7 Å². The van der Waals surface area contributed by atoms with E-state index in [1.807, 2.05) is 0 Å². The van der Waals surface area contributed by atoms with Gasteiger partial charge >= 0.3 is 0 Å². The van der Waals surface area contributed by atoms with Gasteiger partial charge in [0, 0.05) is 18.1 Å². The van der Waals surface area contributed by atoms with Gasteiger partial charge in [0.05, 0.1) is 0 Å². The largest absolute Gasteiger partial charge is 0.329 e. The standard InChI is InChI=1S/C18H36N2/c1-4-5-6-12-20(15(2)3)18(14-19)11-7-8-17(13-18)16-9-10-16/h15-17H,4-14,19H2,1-3H3. The van der Waals surface area contributed by atoms with Crippen LogP contribution in [0.5, 0.6) is 0 Å². The van der Waals surface area contributed by atoms with Gasteiger partial charge in [-0.2, -0.15) is 0 Å². The van der Waals surface area contributed by atoms with Crippen LogP contribution >= 0.6 is 0 Å². The molecule has 0 aromatic carbocycles. The van der Waals surface area contributed by atoms with Crippen molar-refractivity contribution in [3.05, 3.63) is 0 Å². The average Bonchev–Trinajstić information content (AvgIpc) is 3.28. The van der Waals surface area contributed by atoms with Gasteiger partial charge in [-0.25, -0.2) is 0 Å². The zero-order valence-electron chi connectivity index (χ0n) is 14.0. The molecule has 2 aliphatic rings. The molecule has 2 saturated carbocycles. The summed E-state index contributed by atoms with van der Waals surface area (Å²) in [5.41, 5.74) is 6.64. The molecule has 2 fully saturated rings. The van der Waals surface area contributed by atoms with Gasteiger partial charge in [-0.1, -0.05) is 32.6 Å². The molecule has 0 heterocycles. The van der Waals surface area contributed by atoms with Gasteiger partial charge in [-0.15, -0.1) is 0 Å². The summed E-state index contributed by atoms with van der Waals surface area (Å²) in [5, 5.41) is 0. The Labute approximate surface area is 126 Å². The molecule has 2 unspecified atom stereocenters. The Kier molecular flexibility index (Phi) is 5.92. The maximum atomic E-state index is 6.32. The fraction of sp³-hybridized carbons (Fsp3) is 1.00. The molecular weight excluding hydrogens is 244 g/mol. The SMILES string of the molecule is CCCCCN(C(C)C)C1(CN)CCCC(C2CC2)C1. The van der Waals surface area contributed by atoms with E-state index in [4.69, 9.17) is 5.73 Å². The Hall–Kier alpha value is -0.0800. The Bertz CT molecular complexity index is 285. The van der Waals surface area contributed by atoms with Crippen molar-refractivity contribution in [1.82, 2.24) is 4.90 Å². The van der Waals surface area contributed by atoms with Crippen molar-refractivity contribution in [2.75, 3.05) is 13.1 Å². The summed E-state index contributed by atoms with van der Waals surface area (Å²) < 4.78 is 0. The second-order valence-electron chi connectivity index (χ2n) is 7.62. The summed E-state index contributed by atoms with van der Waals surface area (Å²) in [6.45, 7) is 9.14. The number of hydrogen-bond donors (Lipinski definition) is 1. The first-order valence-corrected chi connectivity index (χ1v) is 9.10. The molecule has 2 aliphatic carbocycles. The molecule has 0 saturated heterocycles. The zero-order chi connectivity index (χ0) is 14.6. The Morgan fingerprint density at radius 3 is 2.45 bits per heavy atom. The van der Waals surface area contributed by atoms with Crippen molar-refractivity contribution in [2.24, 2.45) is 17.6 Å². The van der Waals surface area contributed by atoms with Gasteiger partial charge < -0.3 is 5.73 Å². The van der Waals surface area contributed by atoms with Gasteiger partial charge in [-0.3, -0.25) is 4.90 Å². The van der Waals surface area contributed by atoms with E-state index in [1.54, 1.807) is 0 Å². The number of nitrogens with zero attached hydrogens (tertiary/aromatic N) is 1. The number of nitrogens with two attached hydrogens (primary N) is 1. The summed E-state index contributed by atoms with van der Waals surface area (Å²) in [7, 11) is 0. The van der Waals surface area contributed by atoms with E-state index >= 15 is 0 Å². The van der Waals surface area contributed by atoms with Crippen LogP contribution in [0.25, 0.3) is 0 Å². The predicted molar refractivity (Wildman–Crippen MR) is 87.8 cm³/mol. The van der Waals surface area contributed by atoms with Crippen molar-refractivity contribution in [3.8, 4) is 0 Å². The molecule has 20 heavy (non-hydrogen) atoms. The zero-order valence-corrected chi connectivity index (χ0v) is 14.0. The summed E-state index contributed by atoms with van der Waals surface area (Å²) >= 11 is 0. The molecular formula is C18H36N2. The number of unbranched alkanes of at least 4 members (excludes halogenated alkanes) is 2. The van der Waals surface area contributed by atoms with Crippen molar-refractivity contribution in [2.45, 2.75) is 90.1 Å². The third-order valence-corrected chi connectivity index (χ3v) is 5.76. The molecule has 2 heteroatoms. The van der Waals surface area contributed by atoms with E-state index in [-0.39, 0.29) is 0 Å². The lowest BCUT2D eigenvalue weighted by Gasteiger charge is -2.50. The molecule has 0 radical (unpaired) electrons. The van der Waals surface area contributed by atoms with Crippen LogP contribution < -0.4 is 5.73 Å². The van der Waals surface area contributed by atoms with Crippen LogP contribution in [-0.4, -0.2) is 29.6 Å². The molecule has 0 aliphatic heterocycles. The molecule has 2 nitrogen and oxygen atoms in total. The maximum Gasteiger partial charge on any atom is 0.0337 e. The molecule has 0 amide bonds. The second-order valence-corrected chi connectivity index (χ2v) is 7.62. The highest BCUT2D eigenvalue weighted by Gasteiger charge is 2.44. The molecule has 0 spiro atoms. The fourth-order valence-corrected chi connectivity index (χ4v) is 4.49. The monoisotopic (exact) mass is 280 g/mol. The topological polar surface area (TPSA) is 29.3 Å². The minimum atomic E-state index is 0.313. The summed E-state index contributed by atoms with van der Waals surface area (Å²) in [5.74, 6) is 2.02. The van der Waals surface area contributed by atoms with Crippen molar-refractivity contribution in [1.29, 1.82) is 0 Å². The Morgan fingerprint density at radius 2 is 1.90 bits per heavy atom. The van der Waals surface area contributed by atoms with Crippen LogP contribution in [0.3, 0.4) is 0 Å². The van der Waals surface area contributed by atoms with E-state index in [9.17, 15) is 0 Å². The molecule has 2 N–H and O–H groups in total. The highest BCUT2D eigenvalue weighted by molar-refractivity contribution is 5.00. The van der Waals surface area contributed by atoms with Gasteiger partial charge in [0.25, 0.3) is 0 Å². The third-order valence-electron chi connectivity index (χ3n) is 5.76. The number of rotatable bonds is 8. The fourth-order valence-electron chi connectivity index (χ4n) is 4.49. The molecule has 0 aromatic heterocycles. The van der Waals surface area contributed by atoms with Crippen LogP contribution in [0.1, 0.15) is 78.6 Å². The molecule has 0 bridgehead atoms. The normalized spacial score (nSPS) is 31.2. The Balaban J connectivity index is 2.03. The Morgan fingerprint density at radius 1 is 1.15 bits per heavy atom. The minimum Gasteiger partial charge on any atom is -0.329 e. The van der Waals surface area contributed by atoms with Crippen LogP contribution in [0, 0.1) is 11.8 Å². The summed E-state index contributed by atoms with van der Waals surface area (Å²) in [6.07, 6.45) is 12.6. The highest BCUT2D eigenvalue weighted by atomic mass is 15.2. The van der Waals surface area contributed by atoms with E-state index in [0.717, 1.165) is 18.4 Å².